The van der Waals surface area contributed by atoms with E-state index in [9.17, 15) is 9.59 Å². The van der Waals surface area contributed by atoms with Crippen molar-refractivity contribution in [2.45, 2.75) is 39.5 Å². The zero-order valence-corrected chi connectivity index (χ0v) is 9.51. The molecule has 13 heavy (non-hydrogen) atoms. The molecule has 4 nitrogen and oxygen atoms in total. The first-order valence-corrected chi connectivity index (χ1v) is 3.98. The molecule has 0 spiro atoms. The topological polar surface area (TPSA) is 74.6 Å². The van der Waals surface area contributed by atoms with Crippen molar-refractivity contribution < 1.29 is 39.3 Å². The van der Waals surface area contributed by atoms with E-state index in [-0.39, 0.29) is 19.5 Å². The quantitative estimate of drug-likeness (QED) is 0.769. The molecule has 0 aliphatic rings. The summed E-state index contributed by atoms with van der Waals surface area (Å²) in [6, 6.07) is 0. The smallest absolute Gasteiger partial charge is 0.303 e. The van der Waals surface area contributed by atoms with Crippen LogP contribution in [0.4, 0.5) is 0 Å². The van der Waals surface area contributed by atoms with Crippen molar-refractivity contribution in [1.29, 1.82) is 0 Å². The number of carbonyl (C=O) groups is 2. The van der Waals surface area contributed by atoms with Gasteiger partial charge in [-0.3, -0.25) is 9.59 Å². The number of aliphatic carboxylic acids is 2. The standard InChI is InChI=1S/2C4H8O2.Rh/c2*1-2-3-4(5)6;/h2*2-3H2,1H3,(H,5,6);. The van der Waals surface area contributed by atoms with Gasteiger partial charge in [-0.25, -0.2) is 0 Å². The molecule has 0 aromatic heterocycles. The Morgan fingerprint density at radius 2 is 1.15 bits per heavy atom. The molecule has 1 radical (unpaired) electrons. The minimum absolute atomic E-state index is 0. The molecule has 0 saturated carbocycles. The molecule has 0 heterocycles. The average Bonchev–Trinajstić information content (AvgIpc) is 1.87. The van der Waals surface area contributed by atoms with Crippen LogP contribution in [0.1, 0.15) is 39.5 Å². The summed E-state index contributed by atoms with van der Waals surface area (Å²) < 4.78 is 0. The number of rotatable bonds is 4. The van der Waals surface area contributed by atoms with Gasteiger partial charge in [-0.2, -0.15) is 0 Å². The van der Waals surface area contributed by atoms with Gasteiger partial charge >= 0.3 is 11.9 Å². The predicted molar refractivity (Wildman–Crippen MR) is 45.1 cm³/mol. The van der Waals surface area contributed by atoms with Crippen molar-refractivity contribution >= 4 is 11.9 Å². The van der Waals surface area contributed by atoms with E-state index in [1.54, 1.807) is 0 Å². The fraction of sp³-hybridized carbons (Fsp3) is 0.750. The van der Waals surface area contributed by atoms with Crippen LogP contribution in [0.5, 0.6) is 0 Å². The van der Waals surface area contributed by atoms with Crippen LogP contribution < -0.4 is 0 Å². The maximum Gasteiger partial charge on any atom is 0.303 e. The normalized spacial score (nSPS) is 7.54. The van der Waals surface area contributed by atoms with E-state index in [1.807, 2.05) is 13.8 Å². The molecule has 81 valence electrons. The Bertz CT molecular complexity index is 120. The predicted octanol–water partition coefficient (Wildman–Crippen LogP) is 1.74. The van der Waals surface area contributed by atoms with Gasteiger partial charge in [0.1, 0.15) is 0 Å². The van der Waals surface area contributed by atoms with Crippen LogP contribution in [-0.4, -0.2) is 22.2 Å². The van der Waals surface area contributed by atoms with Crippen molar-refractivity contribution in [3.05, 3.63) is 0 Å². The van der Waals surface area contributed by atoms with Crippen molar-refractivity contribution in [3.8, 4) is 0 Å². The van der Waals surface area contributed by atoms with Gasteiger partial charge in [0, 0.05) is 32.3 Å². The third-order valence-electron chi connectivity index (χ3n) is 0.928. The van der Waals surface area contributed by atoms with Crippen LogP contribution in [-0.2, 0) is 29.1 Å². The van der Waals surface area contributed by atoms with Crippen LogP contribution >= 0.6 is 0 Å². The molecule has 2 N–H and O–H groups in total. The van der Waals surface area contributed by atoms with Crippen molar-refractivity contribution in [2.75, 3.05) is 0 Å². The molecule has 0 rings (SSSR count). The molecule has 0 atom stereocenters. The molecular weight excluding hydrogens is 263 g/mol. The Labute approximate surface area is 91.1 Å². The monoisotopic (exact) mass is 279 g/mol. The third kappa shape index (κ3) is 34.2. The van der Waals surface area contributed by atoms with Gasteiger partial charge in [-0.1, -0.05) is 13.8 Å². The number of carboxylic acid groups (broad SMARTS) is 2. The SMILES string of the molecule is CCCC(=O)O.CCCC(=O)O.[Rh]. The van der Waals surface area contributed by atoms with E-state index in [0.29, 0.717) is 12.8 Å². The van der Waals surface area contributed by atoms with Crippen LogP contribution in [0.15, 0.2) is 0 Å². The number of hydrogen-bond acceptors (Lipinski definition) is 2. The summed E-state index contributed by atoms with van der Waals surface area (Å²) in [6.45, 7) is 3.68. The van der Waals surface area contributed by atoms with Crippen LogP contribution in [0.25, 0.3) is 0 Å². The van der Waals surface area contributed by atoms with E-state index in [4.69, 9.17) is 10.2 Å². The van der Waals surface area contributed by atoms with Gasteiger partial charge in [0.25, 0.3) is 0 Å². The Hall–Kier alpha value is -0.437. The zero-order chi connectivity index (χ0) is 9.98. The molecule has 0 aromatic carbocycles. The van der Waals surface area contributed by atoms with Gasteiger partial charge in [0.2, 0.25) is 0 Å². The zero-order valence-electron chi connectivity index (χ0n) is 7.87. The van der Waals surface area contributed by atoms with Gasteiger partial charge in [-0.15, -0.1) is 0 Å². The summed E-state index contributed by atoms with van der Waals surface area (Å²) in [7, 11) is 0. The fourth-order valence-corrected chi connectivity index (χ4v) is 0.428. The summed E-state index contributed by atoms with van der Waals surface area (Å²) >= 11 is 0. The first kappa shape index (κ1) is 18.4. The fourth-order valence-electron chi connectivity index (χ4n) is 0.428. The number of carboxylic acids is 2. The van der Waals surface area contributed by atoms with Crippen LogP contribution in [0, 0.1) is 0 Å². The van der Waals surface area contributed by atoms with Crippen molar-refractivity contribution in [1.82, 2.24) is 0 Å². The second kappa shape index (κ2) is 14.1. The van der Waals surface area contributed by atoms with Crippen LogP contribution in [0.2, 0.25) is 0 Å². The van der Waals surface area contributed by atoms with Gasteiger partial charge < -0.3 is 10.2 Å². The Balaban J connectivity index is -0.000000143. The minimum Gasteiger partial charge on any atom is -0.481 e. The maximum absolute atomic E-state index is 9.60. The molecule has 0 unspecified atom stereocenters. The van der Waals surface area contributed by atoms with E-state index >= 15 is 0 Å². The summed E-state index contributed by atoms with van der Waals surface area (Å²) in [6.07, 6.45) is 2.05. The van der Waals surface area contributed by atoms with Gasteiger partial charge in [0.05, 0.1) is 0 Å². The van der Waals surface area contributed by atoms with E-state index in [1.165, 1.54) is 0 Å². The largest absolute Gasteiger partial charge is 0.481 e. The first-order chi connectivity index (χ1) is 5.54. The molecule has 0 aliphatic carbocycles. The second-order valence-electron chi connectivity index (χ2n) is 2.29. The van der Waals surface area contributed by atoms with E-state index in [0.717, 1.165) is 12.8 Å². The van der Waals surface area contributed by atoms with Gasteiger partial charge in [0.15, 0.2) is 0 Å². The molecule has 0 saturated heterocycles. The number of hydrogen-bond donors (Lipinski definition) is 2. The third-order valence-corrected chi connectivity index (χ3v) is 0.928. The Morgan fingerprint density at radius 1 is 0.923 bits per heavy atom. The molecule has 0 aromatic rings. The van der Waals surface area contributed by atoms with Crippen molar-refractivity contribution in [3.63, 3.8) is 0 Å². The maximum atomic E-state index is 9.60. The Kier molecular flexibility index (Phi) is 19.9. The molecule has 0 fully saturated rings. The average molecular weight is 279 g/mol. The summed E-state index contributed by atoms with van der Waals surface area (Å²) in [5.41, 5.74) is 0. The minimum atomic E-state index is -0.711. The van der Waals surface area contributed by atoms with E-state index < -0.39 is 11.9 Å². The first-order valence-electron chi connectivity index (χ1n) is 3.98. The van der Waals surface area contributed by atoms with Crippen molar-refractivity contribution in [2.24, 2.45) is 0 Å². The molecule has 5 heteroatoms. The molecule has 0 bridgehead atoms. The summed E-state index contributed by atoms with van der Waals surface area (Å²) in [5, 5.41) is 15.8. The molecule has 0 amide bonds. The summed E-state index contributed by atoms with van der Waals surface area (Å²) in [5.74, 6) is -1.42. The van der Waals surface area contributed by atoms with Gasteiger partial charge in [-0.05, 0) is 12.8 Å². The Morgan fingerprint density at radius 3 is 1.15 bits per heavy atom. The molecule has 0 aliphatic heterocycles. The molecular formula is C8H16O4Rh. The summed E-state index contributed by atoms with van der Waals surface area (Å²) in [4.78, 5) is 19.2. The van der Waals surface area contributed by atoms with Crippen LogP contribution in [0.3, 0.4) is 0 Å². The second-order valence-corrected chi connectivity index (χ2v) is 2.29. The van der Waals surface area contributed by atoms with E-state index in [2.05, 4.69) is 0 Å².